The molecule has 7 nitrogen and oxygen atoms in total. The first-order valence-corrected chi connectivity index (χ1v) is 9.98. The van der Waals surface area contributed by atoms with E-state index < -0.39 is 0 Å². The van der Waals surface area contributed by atoms with Crippen LogP contribution in [-0.2, 0) is 29.1 Å². The first kappa shape index (κ1) is 19.6. The highest BCUT2D eigenvalue weighted by atomic mass is 19.1. The number of ether oxygens (including phenoxy) is 1. The van der Waals surface area contributed by atoms with Gasteiger partial charge in [-0.2, -0.15) is 5.10 Å². The van der Waals surface area contributed by atoms with Crippen molar-refractivity contribution in [3.05, 3.63) is 52.6 Å². The van der Waals surface area contributed by atoms with Gasteiger partial charge in [0.2, 0.25) is 5.91 Å². The highest BCUT2D eigenvalue weighted by Crippen LogP contribution is 2.33. The monoisotopic (exact) mass is 400 g/mol. The molecule has 0 saturated carbocycles. The van der Waals surface area contributed by atoms with Crippen LogP contribution in [0.25, 0.3) is 0 Å². The summed E-state index contributed by atoms with van der Waals surface area (Å²) in [5.74, 6) is -0.264. The molecular weight excluding hydrogens is 375 g/mol. The Morgan fingerprint density at radius 2 is 1.97 bits per heavy atom. The van der Waals surface area contributed by atoms with E-state index in [4.69, 9.17) is 9.84 Å². The van der Waals surface area contributed by atoms with Crippen LogP contribution in [0.5, 0.6) is 0 Å². The summed E-state index contributed by atoms with van der Waals surface area (Å²) in [6, 6.07) is 5.67. The van der Waals surface area contributed by atoms with Crippen LogP contribution in [0, 0.1) is 5.82 Å². The molecule has 1 aromatic heterocycles. The number of hydrogen-bond acceptors (Lipinski definition) is 4. The lowest BCUT2D eigenvalue weighted by Gasteiger charge is -2.32. The Bertz CT molecular complexity index is 901. The van der Waals surface area contributed by atoms with E-state index in [2.05, 4.69) is 5.32 Å². The fraction of sp³-hybridized carbons (Fsp3) is 0.476. The molecule has 2 amide bonds. The minimum absolute atomic E-state index is 0.0704. The minimum atomic E-state index is -0.348. The van der Waals surface area contributed by atoms with Gasteiger partial charge in [-0.05, 0) is 37.1 Å². The van der Waals surface area contributed by atoms with Crippen LogP contribution >= 0.6 is 0 Å². The van der Waals surface area contributed by atoms with E-state index in [9.17, 15) is 14.0 Å². The summed E-state index contributed by atoms with van der Waals surface area (Å²) in [6.07, 6.45) is 2.36. The van der Waals surface area contributed by atoms with Crippen molar-refractivity contribution in [3.8, 4) is 0 Å². The second-order valence-electron chi connectivity index (χ2n) is 7.52. The molecule has 154 valence electrons. The van der Waals surface area contributed by atoms with Crippen LogP contribution in [0.1, 0.15) is 46.1 Å². The summed E-state index contributed by atoms with van der Waals surface area (Å²) in [5, 5.41) is 7.42. The van der Waals surface area contributed by atoms with Crippen molar-refractivity contribution >= 4 is 11.8 Å². The van der Waals surface area contributed by atoms with E-state index in [1.807, 2.05) is 9.58 Å². The van der Waals surface area contributed by atoms with Crippen molar-refractivity contribution in [2.75, 3.05) is 26.7 Å². The Kier molecular flexibility index (Phi) is 5.62. The fourth-order valence-electron chi connectivity index (χ4n) is 4.14. The van der Waals surface area contributed by atoms with Gasteiger partial charge >= 0.3 is 0 Å². The zero-order valence-corrected chi connectivity index (χ0v) is 16.5. The van der Waals surface area contributed by atoms with Crippen molar-refractivity contribution < 1.29 is 18.7 Å². The predicted molar refractivity (Wildman–Crippen MR) is 104 cm³/mol. The lowest BCUT2D eigenvalue weighted by Crippen LogP contribution is -2.38. The number of carbonyl (C=O) groups is 2. The summed E-state index contributed by atoms with van der Waals surface area (Å²) in [4.78, 5) is 26.3. The van der Waals surface area contributed by atoms with Gasteiger partial charge in [-0.3, -0.25) is 14.3 Å². The smallest absolute Gasteiger partial charge is 0.253 e. The molecule has 1 fully saturated rings. The van der Waals surface area contributed by atoms with Crippen molar-refractivity contribution in [1.82, 2.24) is 20.0 Å². The van der Waals surface area contributed by atoms with Gasteiger partial charge in [0.1, 0.15) is 12.4 Å². The van der Waals surface area contributed by atoms with E-state index in [-0.39, 0.29) is 30.1 Å². The van der Waals surface area contributed by atoms with Crippen LogP contribution in [0.15, 0.2) is 24.3 Å². The van der Waals surface area contributed by atoms with Crippen LogP contribution in [0.3, 0.4) is 0 Å². The second kappa shape index (κ2) is 8.32. The minimum Gasteiger partial charge on any atom is -0.376 e. The van der Waals surface area contributed by atoms with Crippen LogP contribution in [0.4, 0.5) is 4.39 Å². The molecule has 0 radical (unpaired) electrons. The average Bonchev–Trinajstić information content (AvgIpc) is 3.12. The Hall–Kier alpha value is -2.74. The Morgan fingerprint density at radius 1 is 1.24 bits per heavy atom. The Morgan fingerprint density at radius 3 is 2.66 bits per heavy atom. The molecule has 0 bridgehead atoms. The van der Waals surface area contributed by atoms with Gasteiger partial charge in [-0.25, -0.2) is 4.39 Å². The largest absolute Gasteiger partial charge is 0.376 e. The average molecular weight is 400 g/mol. The third-order valence-electron chi connectivity index (χ3n) is 5.76. The van der Waals surface area contributed by atoms with Gasteiger partial charge in [0, 0.05) is 49.3 Å². The van der Waals surface area contributed by atoms with Crippen molar-refractivity contribution in [2.24, 2.45) is 0 Å². The molecular formula is C21H25FN4O3. The van der Waals surface area contributed by atoms with Crippen LogP contribution in [0.2, 0.25) is 0 Å². The molecule has 0 atom stereocenters. The molecule has 1 N–H and O–H groups in total. The quantitative estimate of drug-likeness (QED) is 0.850. The number of likely N-dealkylation sites (tertiary alicyclic amines) is 1. The molecule has 8 heteroatoms. The predicted octanol–water partition coefficient (Wildman–Crippen LogP) is 1.86. The van der Waals surface area contributed by atoms with Gasteiger partial charge in [0.15, 0.2) is 0 Å². The highest BCUT2D eigenvalue weighted by Gasteiger charge is 2.31. The lowest BCUT2D eigenvalue weighted by molar-refractivity contribution is -0.121. The lowest BCUT2D eigenvalue weighted by atomic mass is 9.90. The molecule has 1 saturated heterocycles. The number of likely N-dealkylation sites (N-methyl/N-ethyl adjacent to an activating group) is 1. The van der Waals surface area contributed by atoms with Crippen LogP contribution < -0.4 is 5.32 Å². The molecule has 1 aromatic carbocycles. The van der Waals surface area contributed by atoms with E-state index in [1.54, 1.807) is 7.05 Å². The van der Waals surface area contributed by atoms with Gasteiger partial charge in [-0.1, -0.05) is 0 Å². The third-order valence-corrected chi connectivity index (χ3v) is 5.76. The summed E-state index contributed by atoms with van der Waals surface area (Å²) in [6.45, 7) is 2.61. The molecule has 3 heterocycles. The number of carbonyl (C=O) groups excluding carboxylic acids is 2. The number of piperidine rings is 1. The number of aromatic nitrogens is 2. The molecule has 0 unspecified atom stereocenters. The van der Waals surface area contributed by atoms with Crippen molar-refractivity contribution in [1.29, 1.82) is 0 Å². The maximum atomic E-state index is 13.1. The maximum absolute atomic E-state index is 13.1. The molecule has 0 spiro atoms. The third kappa shape index (κ3) is 4.03. The standard InChI is InChI=1S/C21H25FN4O3/c1-23-19(27)12-26-18-8-11-29-13-17(18)20(24-26)14-6-9-25(10-7-14)21(28)15-2-4-16(22)5-3-15/h2-5,14H,6-13H2,1H3,(H,23,27). The molecule has 2 aliphatic rings. The summed E-state index contributed by atoms with van der Waals surface area (Å²) in [5.41, 5.74) is 3.69. The van der Waals surface area contributed by atoms with Crippen molar-refractivity contribution in [2.45, 2.75) is 38.3 Å². The zero-order chi connectivity index (χ0) is 20.4. The number of benzene rings is 1. The van der Waals surface area contributed by atoms with Gasteiger partial charge < -0.3 is 15.0 Å². The molecule has 0 aliphatic carbocycles. The van der Waals surface area contributed by atoms with Gasteiger partial charge in [0.05, 0.1) is 18.9 Å². The number of nitrogens with one attached hydrogen (secondary N) is 1. The first-order valence-electron chi connectivity index (χ1n) is 9.98. The van der Waals surface area contributed by atoms with E-state index >= 15 is 0 Å². The number of halogens is 1. The zero-order valence-electron chi connectivity index (χ0n) is 16.5. The summed E-state index contributed by atoms with van der Waals surface area (Å²) in [7, 11) is 1.62. The number of fused-ring (bicyclic) bond motifs is 1. The number of rotatable bonds is 4. The summed E-state index contributed by atoms with van der Waals surface area (Å²) >= 11 is 0. The number of nitrogens with zero attached hydrogens (tertiary/aromatic N) is 3. The van der Waals surface area contributed by atoms with E-state index in [0.29, 0.717) is 31.9 Å². The normalized spacial score (nSPS) is 17.1. The summed E-state index contributed by atoms with van der Waals surface area (Å²) < 4.78 is 20.6. The topological polar surface area (TPSA) is 76.5 Å². The first-order chi connectivity index (χ1) is 14.1. The Labute approximate surface area is 168 Å². The van der Waals surface area contributed by atoms with Gasteiger partial charge in [-0.15, -0.1) is 0 Å². The van der Waals surface area contributed by atoms with Gasteiger partial charge in [0.25, 0.3) is 5.91 Å². The van der Waals surface area contributed by atoms with E-state index in [0.717, 1.165) is 36.2 Å². The second-order valence-corrected chi connectivity index (χ2v) is 7.52. The van der Waals surface area contributed by atoms with Crippen molar-refractivity contribution in [3.63, 3.8) is 0 Å². The molecule has 4 rings (SSSR count). The van der Waals surface area contributed by atoms with E-state index in [1.165, 1.54) is 24.3 Å². The molecule has 2 aliphatic heterocycles. The molecule has 2 aromatic rings. The number of hydrogen-bond donors (Lipinski definition) is 1. The maximum Gasteiger partial charge on any atom is 0.253 e. The molecule has 29 heavy (non-hydrogen) atoms. The fourth-order valence-corrected chi connectivity index (χ4v) is 4.14. The van der Waals surface area contributed by atoms with Crippen LogP contribution in [-0.4, -0.2) is 53.2 Å². The number of amides is 2. The SMILES string of the molecule is CNC(=O)Cn1nc(C2CCN(C(=O)c3ccc(F)cc3)CC2)c2c1CCOC2. The Balaban J connectivity index is 1.47. The highest BCUT2D eigenvalue weighted by molar-refractivity contribution is 5.94.